The fourth-order valence-corrected chi connectivity index (χ4v) is 3.38. The van der Waals surface area contributed by atoms with Crippen molar-refractivity contribution < 1.29 is 13.7 Å². The molecule has 0 unspecified atom stereocenters. The van der Waals surface area contributed by atoms with Gasteiger partial charge in [-0.2, -0.15) is 0 Å². The molecule has 0 aliphatic heterocycles. The van der Waals surface area contributed by atoms with Gasteiger partial charge in [-0.05, 0) is 0 Å². The van der Waals surface area contributed by atoms with Crippen LogP contribution in [0, 0.1) is 0 Å². The molecule has 0 saturated heterocycles. The van der Waals surface area contributed by atoms with Crippen LogP contribution in [0.25, 0.3) is 0 Å². The zero-order chi connectivity index (χ0) is 24.3. The smallest absolute Gasteiger partial charge is 0.174 e. The van der Waals surface area contributed by atoms with Crippen LogP contribution < -0.4 is 13.7 Å². The average Bonchev–Trinajstić information content (AvgIpc) is 2.91. The molecule has 33 heavy (non-hydrogen) atoms. The summed E-state index contributed by atoms with van der Waals surface area (Å²) in [5.41, 5.74) is 4.11. The Balaban J connectivity index is 0.000000841. The third kappa shape index (κ3) is 9.36. The quantitative estimate of drug-likeness (QED) is 0.335. The molecular weight excluding hydrogens is 402 g/mol. The lowest BCUT2D eigenvalue weighted by Crippen LogP contribution is -2.39. The maximum atomic E-state index is 2.25. The summed E-state index contributed by atoms with van der Waals surface area (Å²) in [5.74, 6) is 0. The third-order valence-electron chi connectivity index (χ3n) is 4.75. The molecule has 174 valence electrons. The van der Waals surface area contributed by atoms with Gasteiger partial charge in [0.15, 0.2) is 56.8 Å². The van der Waals surface area contributed by atoms with E-state index < -0.39 is 0 Å². The monoisotopic (exact) mass is 444 g/mol. The van der Waals surface area contributed by atoms with E-state index in [4.69, 9.17) is 0 Å². The molecule has 0 bridgehead atoms. The third-order valence-corrected chi connectivity index (χ3v) is 4.75. The van der Waals surface area contributed by atoms with Gasteiger partial charge in [0.25, 0.3) is 0 Å². The zero-order valence-corrected chi connectivity index (χ0v) is 21.4. The first-order valence-corrected chi connectivity index (χ1v) is 12.3. The van der Waals surface area contributed by atoms with Gasteiger partial charge in [0.05, 0.1) is 0 Å². The van der Waals surface area contributed by atoms with Gasteiger partial charge in [0, 0.05) is 53.1 Å². The highest BCUT2D eigenvalue weighted by Gasteiger charge is 2.18. The first kappa shape index (κ1) is 27.7. The van der Waals surface area contributed by atoms with Crippen LogP contribution in [0.2, 0.25) is 0 Å². The van der Waals surface area contributed by atoms with Gasteiger partial charge in [0.2, 0.25) is 0 Å². The van der Waals surface area contributed by atoms with Crippen LogP contribution in [-0.2, 0) is 19.6 Å². The van der Waals surface area contributed by atoms with Gasteiger partial charge in [-0.25, -0.2) is 13.7 Å². The van der Waals surface area contributed by atoms with Crippen molar-refractivity contribution in [1.29, 1.82) is 0 Å². The molecule has 0 fully saturated rings. The van der Waals surface area contributed by atoms with Crippen molar-refractivity contribution in [2.75, 3.05) is 0 Å². The second-order valence-corrected chi connectivity index (χ2v) is 6.70. The molecule has 3 heterocycles. The molecule has 0 saturated carbocycles. The van der Waals surface area contributed by atoms with Crippen LogP contribution >= 0.6 is 0 Å². The number of rotatable bonds is 6. The Kier molecular flexibility index (Phi) is 14.5. The van der Waals surface area contributed by atoms with Crippen molar-refractivity contribution in [1.82, 2.24) is 0 Å². The van der Waals surface area contributed by atoms with Crippen molar-refractivity contribution in [3.8, 4) is 0 Å². The first-order valence-electron chi connectivity index (χ1n) is 12.3. The topological polar surface area (TPSA) is 11.6 Å². The molecule has 3 nitrogen and oxygen atoms in total. The summed E-state index contributed by atoms with van der Waals surface area (Å²) in [5, 5.41) is 0. The number of nitrogens with zero attached hydrogens (tertiary/aromatic N) is 3. The molecule has 4 rings (SSSR count). The minimum atomic E-state index is 0.868. The number of hydrogen-bond donors (Lipinski definition) is 0. The molecule has 0 spiro atoms. The minimum Gasteiger partial charge on any atom is -0.201 e. The van der Waals surface area contributed by atoms with Gasteiger partial charge in [-0.15, -0.1) is 0 Å². The molecule has 3 aromatic heterocycles. The van der Waals surface area contributed by atoms with Crippen molar-refractivity contribution >= 4 is 0 Å². The lowest BCUT2D eigenvalue weighted by atomic mass is 10.00. The summed E-state index contributed by atoms with van der Waals surface area (Å²) in [6, 6.07) is 25.3. The maximum absolute atomic E-state index is 2.25. The summed E-state index contributed by atoms with van der Waals surface area (Å²) < 4.78 is 6.70. The Labute approximate surface area is 201 Å². The number of aromatic nitrogens is 3. The fourth-order valence-electron chi connectivity index (χ4n) is 3.38. The lowest BCUT2D eigenvalue weighted by Gasteiger charge is -2.10. The van der Waals surface area contributed by atoms with E-state index in [-0.39, 0.29) is 0 Å². The predicted octanol–water partition coefficient (Wildman–Crippen LogP) is 5.77. The fraction of sp³-hybridized carbons (Fsp3) is 0.300. The Hall–Kier alpha value is -3.33. The summed E-state index contributed by atoms with van der Waals surface area (Å²) in [6.45, 7) is 14.6. The van der Waals surface area contributed by atoms with Gasteiger partial charge >= 0.3 is 0 Å². The van der Waals surface area contributed by atoms with E-state index in [1.807, 2.05) is 41.5 Å². The van der Waals surface area contributed by atoms with Crippen molar-refractivity contribution in [3.63, 3.8) is 0 Å². The lowest BCUT2D eigenvalue weighted by molar-refractivity contribution is -0.696. The molecule has 0 aliphatic rings. The Morgan fingerprint density at radius 1 is 0.394 bits per heavy atom. The minimum absolute atomic E-state index is 0.868. The van der Waals surface area contributed by atoms with Crippen LogP contribution in [0.3, 0.4) is 0 Å². The molecule has 4 aromatic rings. The van der Waals surface area contributed by atoms with Crippen molar-refractivity contribution in [3.05, 3.63) is 127 Å². The largest absolute Gasteiger partial charge is 0.201 e. The second kappa shape index (κ2) is 17.3. The second-order valence-electron chi connectivity index (χ2n) is 6.70. The number of pyridine rings is 3. The van der Waals surface area contributed by atoms with Crippen LogP contribution in [0.4, 0.5) is 0 Å². The van der Waals surface area contributed by atoms with Crippen molar-refractivity contribution in [2.24, 2.45) is 0 Å². The normalized spacial score (nSPS) is 9.27. The van der Waals surface area contributed by atoms with E-state index in [0.29, 0.717) is 0 Å². The van der Waals surface area contributed by atoms with Crippen LogP contribution in [-0.4, -0.2) is 0 Å². The molecule has 0 aliphatic carbocycles. The SMILES string of the molecule is CC.CC.CC.c1cc[n+](Cc2cccc(C[n+]3ccccc3)c2C[n+]2ccccc2)cc1. The highest BCUT2D eigenvalue weighted by atomic mass is 15.0. The predicted molar refractivity (Wildman–Crippen MR) is 138 cm³/mol. The van der Waals surface area contributed by atoms with Gasteiger partial charge < -0.3 is 0 Å². The summed E-state index contributed by atoms with van der Waals surface area (Å²) >= 11 is 0. The average molecular weight is 445 g/mol. The van der Waals surface area contributed by atoms with Crippen LogP contribution in [0.1, 0.15) is 58.2 Å². The summed E-state index contributed by atoms with van der Waals surface area (Å²) in [7, 11) is 0. The van der Waals surface area contributed by atoms with Gasteiger partial charge in [-0.3, -0.25) is 0 Å². The van der Waals surface area contributed by atoms with Crippen molar-refractivity contribution in [2.45, 2.75) is 61.2 Å². The maximum Gasteiger partial charge on any atom is 0.174 e. The molecule has 0 N–H and O–H groups in total. The molecule has 0 radical (unpaired) electrons. The number of hydrogen-bond acceptors (Lipinski definition) is 0. The molecule has 0 atom stereocenters. The number of benzene rings is 1. The van der Waals surface area contributed by atoms with Crippen LogP contribution in [0.5, 0.6) is 0 Å². The Morgan fingerprint density at radius 3 is 1.03 bits per heavy atom. The van der Waals surface area contributed by atoms with E-state index in [0.717, 1.165) is 19.6 Å². The molecule has 0 amide bonds. The Morgan fingerprint density at radius 2 is 0.697 bits per heavy atom. The standard InChI is InChI=1S/C24H24N3.3C2H6/c1-4-13-25(14-5-1)19-22-11-10-12-23(20-26-15-6-2-7-16-26)24(22)21-27-17-8-3-9-18-27;3*1-2/h1-18H,19-21H2;3*1-2H3/q+3;;;. The van der Waals surface area contributed by atoms with E-state index >= 15 is 0 Å². The Bertz CT molecular complexity index is 925. The van der Waals surface area contributed by atoms with E-state index in [9.17, 15) is 0 Å². The zero-order valence-electron chi connectivity index (χ0n) is 21.4. The summed E-state index contributed by atoms with van der Waals surface area (Å²) in [6.07, 6.45) is 12.8. The highest BCUT2D eigenvalue weighted by molar-refractivity contribution is 5.34. The molecular formula is C30H42N3+3. The van der Waals surface area contributed by atoms with Gasteiger partial charge in [0.1, 0.15) is 0 Å². The van der Waals surface area contributed by atoms with E-state index in [2.05, 4.69) is 124 Å². The highest BCUT2D eigenvalue weighted by Crippen LogP contribution is 2.15. The van der Waals surface area contributed by atoms with E-state index in [1.54, 1.807) is 0 Å². The molecule has 3 heteroatoms. The van der Waals surface area contributed by atoms with Crippen LogP contribution in [0.15, 0.2) is 110 Å². The van der Waals surface area contributed by atoms with E-state index in [1.165, 1.54) is 16.7 Å². The summed E-state index contributed by atoms with van der Waals surface area (Å²) in [4.78, 5) is 0. The first-order chi connectivity index (χ1) is 16.4. The molecule has 1 aromatic carbocycles. The van der Waals surface area contributed by atoms with Gasteiger partial charge in [-0.1, -0.05) is 77.9 Å².